The van der Waals surface area contributed by atoms with Gasteiger partial charge >= 0.3 is 6.03 Å². The lowest BCUT2D eigenvalue weighted by Gasteiger charge is -2.10. The molecule has 1 aromatic heterocycles. The predicted molar refractivity (Wildman–Crippen MR) is 92.3 cm³/mol. The molecule has 2 rings (SSSR count). The van der Waals surface area contributed by atoms with E-state index in [2.05, 4.69) is 16.0 Å². The van der Waals surface area contributed by atoms with Crippen LogP contribution in [0.4, 0.5) is 10.5 Å². The van der Waals surface area contributed by atoms with E-state index in [0.29, 0.717) is 25.4 Å². The van der Waals surface area contributed by atoms with E-state index in [9.17, 15) is 9.59 Å². The fraction of sp³-hybridized carbons (Fsp3) is 0.333. The van der Waals surface area contributed by atoms with E-state index in [-0.39, 0.29) is 11.9 Å². The summed E-state index contributed by atoms with van der Waals surface area (Å²) in [5, 5.41) is 8.39. The molecule has 6 nitrogen and oxygen atoms in total. The fourth-order valence-corrected chi connectivity index (χ4v) is 2.16. The molecule has 0 aliphatic rings. The lowest BCUT2D eigenvalue weighted by atomic mass is 10.1. The number of amides is 3. The normalized spacial score (nSPS) is 10.5. The molecular weight excluding hydrogens is 306 g/mol. The number of hydrogen-bond donors (Lipinski definition) is 3. The average Bonchev–Trinajstić information content (AvgIpc) is 3.04. The molecule has 3 N–H and O–H groups in total. The molecule has 128 valence electrons. The lowest BCUT2D eigenvalue weighted by molar-refractivity contribution is -0.116. The highest BCUT2D eigenvalue weighted by Gasteiger charge is 2.06. The van der Waals surface area contributed by atoms with E-state index in [0.717, 1.165) is 16.8 Å². The quantitative estimate of drug-likeness (QED) is 0.729. The number of carbonyl (C=O) groups excluding carboxylic acids is 2. The van der Waals surface area contributed by atoms with E-state index in [1.165, 1.54) is 0 Å². The van der Waals surface area contributed by atoms with Crippen molar-refractivity contribution in [3.8, 4) is 0 Å². The van der Waals surface area contributed by atoms with Gasteiger partial charge in [0.2, 0.25) is 5.91 Å². The van der Waals surface area contributed by atoms with Gasteiger partial charge in [0.05, 0.1) is 12.5 Å². The van der Waals surface area contributed by atoms with Gasteiger partial charge in [-0.05, 0) is 29.7 Å². The molecule has 2 aromatic rings. The number of urea groups is 1. The van der Waals surface area contributed by atoms with E-state index >= 15 is 0 Å². The maximum Gasteiger partial charge on any atom is 0.315 e. The second-order valence-electron chi connectivity index (χ2n) is 6.01. The van der Waals surface area contributed by atoms with E-state index in [1.54, 1.807) is 18.6 Å². The molecule has 0 saturated heterocycles. The summed E-state index contributed by atoms with van der Waals surface area (Å²) in [6.07, 6.45) is 3.64. The third-order valence-corrected chi connectivity index (χ3v) is 3.29. The monoisotopic (exact) mass is 329 g/mol. The fourth-order valence-electron chi connectivity index (χ4n) is 2.16. The Balaban J connectivity index is 1.78. The molecule has 0 unspecified atom stereocenters. The Kier molecular flexibility index (Phi) is 6.42. The van der Waals surface area contributed by atoms with Gasteiger partial charge in [-0.15, -0.1) is 0 Å². The molecule has 0 saturated carbocycles. The van der Waals surface area contributed by atoms with Gasteiger partial charge in [0.15, 0.2) is 0 Å². The SMILES string of the molecule is CC(C)CC(=O)Nc1cccc(CNC(=O)NCc2ccoc2)c1. The van der Waals surface area contributed by atoms with Gasteiger partial charge in [-0.25, -0.2) is 4.79 Å². The Labute approximate surface area is 141 Å². The Morgan fingerprint density at radius 2 is 1.83 bits per heavy atom. The van der Waals surface area contributed by atoms with Crippen LogP contribution in [0.15, 0.2) is 47.3 Å². The number of nitrogens with one attached hydrogen (secondary N) is 3. The van der Waals surface area contributed by atoms with Gasteiger partial charge in [0.1, 0.15) is 0 Å². The molecule has 1 heterocycles. The molecular formula is C18H23N3O3. The molecule has 0 radical (unpaired) electrons. The first-order chi connectivity index (χ1) is 11.5. The topological polar surface area (TPSA) is 83.4 Å². The van der Waals surface area contributed by atoms with Crippen molar-refractivity contribution in [3.05, 3.63) is 54.0 Å². The summed E-state index contributed by atoms with van der Waals surface area (Å²) in [6, 6.07) is 8.98. The molecule has 24 heavy (non-hydrogen) atoms. The van der Waals surface area contributed by atoms with Crippen LogP contribution >= 0.6 is 0 Å². The van der Waals surface area contributed by atoms with Crippen LogP contribution in [0.3, 0.4) is 0 Å². The van der Waals surface area contributed by atoms with E-state index < -0.39 is 0 Å². The number of rotatable bonds is 7. The molecule has 0 aliphatic carbocycles. The molecule has 3 amide bonds. The summed E-state index contributed by atoms with van der Waals surface area (Å²) in [7, 11) is 0. The van der Waals surface area contributed by atoms with Crippen molar-refractivity contribution in [3.63, 3.8) is 0 Å². The number of hydrogen-bond acceptors (Lipinski definition) is 3. The first kappa shape index (κ1) is 17.6. The van der Waals surface area contributed by atoms with Crippen molar-refractivity contribution in [1.82, 2.24) is 10.6 Å². The zero-order valence-corrected chi connectivity index (χ0v) is 14.0. The number of anilines is 1. The minimum Gasteiger partial charge on any atom is -0.472 e. The first-order valence-electron chi connectivity index (χ1n) is 7.94. The minimum absolute atomic E-state index is 0.00651. The summed E-state index contributed by atoms with van der Waals surface area (Å²) in [5.41, 5.74) is 2.55. The molecule has 0 aliphatic heterocycles. The molecule has 6 heteroatoms. The standard InChI is InChI=1S/C18H23N3O3/c1-13(2)8-17(22)21-16-5-3-4-14(9-16)10-19-18(23)20-11-15-6-7-24-12-15/h3-7,9,12-13H,8,10-11H2,1-2H3,(H,21,22)(H2,19,20,23). The van der Waals surface area contributed by atoms with Gasteiger partial charge in [-0.2, -0.15) is 0 Å². The number of furan rings is 1. The van der Waals surface area contributed by atoms with Crippen LogP contribution in [0.2, 0.25) is 0 Å². The van der Waals surface area contributed by atoms with Crippen LogP contribution < -0.4 is 16.0 Å². The van der Waals surface area contributed by atoms with Crippen molar-refractivity contribution in [2.45, 2.75) is 33.4 Å². The second kappa shape index (κ2) is 8.76. The zero-order chi connectivity index (χ0) is 17.4. The Bertz CT molecular complexity index is 666. The van der Waals surface area contributed by atoms with Crippen LogP contribution in [-0.4, -0.2) is 11.9 Å². The first-order valence-corrected chi connectivity index (χ1v) is 7.94. The third-order valence-electron chi connectivity index (χ3n) is 3.29. The smallest absolute Gasteiger partial charge is 0.315 e. The van der Waals surface area contributed by atoms with Crippen LogP contribution in [0.25, 0.3) is 0 Å². The molecule has 0 spiro atoms. The molecule has 0 bridgehead atoms. The van der Waals surface area contributed by atoms with Crippen molar-refractivity contribution in [1.29, 1.82) is 0 Å². The Hall–Kier alpha value is -2.76. The van der Waals surface area contributed by atoms with Crippen LogP contribution in [0, 0.1) is 5.92 Å². The van der Waals surface area contributed by atoms with Gasteiger partial charge in [0, 0.05) is 30.8 Å². The summed E-state index contributed by atoms with van der Waals surface area (Å²) < 4.78 is 4.94. The lowest BCUT2D eigenvalue weighted by Crippen LogP contribution is -2.34. The highest BCUT2D eigenvalue weighted by Crippen LogP contribution is 2.12. The highest BCUT2D eigenvalue weighted by molar-refractivity contribution is 5.90. The summed E-state index contributed by atoms with van der Waals surface area (Å²) in [5.74, 6) is 0.307. The maximum atomic E-state index is 11.8. The Morgan fingerprint density at radius 3 is 2.50 bits per heavy atom. The number of carbonyl (C=O) groups is 2. The molecule has 0 fully saturated rings. The third kappa shape index (κ3) is 6.16. The minimum atomic E-state index is -0.259. The van der Waals surface area contributed by atoms with Gasteiger partial charge in [-0.3, -0.25) is 4.79 Å². The zero-order valence-electron chi connectivity index (χ0n) is 14.0. The second-order valence-corrected chi connectivity index (χ2v) is 6.01. The molecule has 0 atom stereocenters. The molecule has 1 aromatic carbocycles. The van der Waals surface area contributed by atoms with Crippen molar-refractivity contribution in [2.75, 3.05) is 5.32 Å². The summed E-state index contributed by atoms with van der Waals surface area (Å²) in [6.45, 7) is 4.79. The Morgan fingerprint density at radius 1 is 1.08 bits per heavy atom. The number of benzene rings is 1. The summed E-state index contributed by atoms with van der Waals surface area (Å²) >= 11 is 0. The average molecular weight is 329 g/mol. The van der Waals surface area contributed by atoms with Crippen molar-refractivity contribution in [2.24, 2.45) is 5.92 Å². The van der Waals surface area contributed by atoms with Gasteiger partial charge in [0.25, 0.3) is 0 Å². The summed E-state index contributed by atoms with van der Waals surface area (Å²) in [4.78, 5) is 23.6. The van der Waals surface area contributed by atoms with Crippen molar-refractivity contribution < 1.29 is 14.0 Å². The van der Waals surface area contributed by atoms with Gasteiger partial charge < -0.3 is 20.4 Å². The van der Waals surface area contributed by atoms with Crippen molar-refractivity contribution >= 4 is 17.6 Å². The highest BCUT2D eigenvalue weighted by atomic mass is 16.3. The van der Waals surface area contributed by atoms with Crippen LogP contribution in [0.5, 0.6) is 0 Å². The van der Waals surface area contributed by atoms with Crippen LogP contribution in [0.1, 0.15) is 31.4 Å². The van der Waals surface area contributed by atoms with Crippen LogP contribution in [-0.2, 0) is 17.9 Å². The largest absolute Gasteiger partial charge is 0.472 e. The van der Waals surface area contributed by atoms with E-state index in [4.69, 9.17) is 4.42 Å². The maximum absolute atomic E-state index is 11.8. The van der Waals surface area contributed by atoms with E-state index in [1.807, 2.05) is 38.1 Å². The van der Waals surface area contributed by atoms with Gasteiger partial charge in [-0.1, -0.05) is 26.0 Å². The predicted octanol–water partition coefficient (Wildman–Crippen LogP) is 3.26.